The summed E-state index contributed by atoms with van der Waals surface area (Å²) in [7, 11) is 0. The normalized spacial score (nSPS) is 30.1. The molecule has 1 heterocycles. The van der Waals surface area contributed by atoms with Crippen LogP contribution in [0.3, 0.4) is 0 Å². The number of pyridine rings is 1. The molecule has 1 N–H and O–H groups in total. The summed E-state index contributed by atoms with van der Waals surface area (Å²) in [6.45, 7) is 4.19. The van der Waals surface area contributed by atoms with Gasteiger partial charge in [0, 0.05) is 23.4 Å². The van der Waals surface area contributed by atoms with Crippen molar-refractivity contribution in [3.8, 4) is 5.75 Å². The van der Waals surface area contributed by atoms with Gasteiger partial charge in [0.1, 0.15) is 17.4 Å². The molecule has 0 amide bonds. The van der Waals surface area contributed by atoms with Crippen molar-refractivity contribution in [3.63, 3.8) is 0 Å². The number of hydrogen-bond donors (Lipinski definition) is 1. The molecule has 1 saturated carbocycles. The highest BCUT2D eigenvalue weighted by molar-refractivity contribution is 5.84. The van der Waals surface area contributed by atoms with Gasteiger partial charge in [-0.3, -0.25) is 4.98 Å². The van der Waals surface area contributed by atoms with E-state index in [-0.39, 0.29) is 17.6 Å². The molecule has 0 radical (unpaired) electrons. The van der Waals surface area contributed by atoms with Crippen molar-refractivity contribution in [2.45, 2.75) is 38.9 Å². The van der Waals surface area contributed by atoms with E-state index in [1.54, 1.807) is 6.20 Å². The van der Waals surface area contributed by atoms with Crippen LogP contribution in [0.25, 0.3) is 10.9 Å². The first-order valence-corrected chi connectivity index (χ1v) is 6.83. The zero-order valence-electron chi connectivity index (χ0n) is 11.3. The molecule has 3 nitrogen and oxygen atoms in total. The van der Waals surface area contributed by atoms with Gasteiger partial charge < -0.3 is 9.84 Å². The first-order valence-electron chi connectivity index (χ1n) is 6.83. The summed E-state index contributed by atoms with van der Waals surface area (Å²) in [5, 5.41) is 11.0. The van der Waals surface area contributed by atoms with Gasteiger partial charge in [0.05, 0.1) is 6.10 Å². The lowest BCUT2D eigenvalue weighted by molar-refractivity contribution is -0.146. The van der Waals surface area contributed by atoms with E-state index < -0.39 is 0 Å². The first kappa shape index (κ1) is 12.4. The summed E-state index contributed by atoms with van der Waals surface area (Å²) in [6, 6.07) is 9.93. The third-order valence-electron chi connectivity index (χ3n) is 4.56. The van der Waals surface area contributed by atoms with Crippen molar-refractivity contribution < 1.29 is 9.84 Å². The zero-order chi connectivity index (χ0) is 13.5. The van der Waals surface area contributed by atoms with E-state index >= 15 is 0 Å². The van der Waals surface area contributed by atoms with Gasteiger partial charge in [-0.25, -0.2) is 0 Å². The fourth-order valence-corrected chi connectivity index (χ4v) is 2.77. The lowest BCUT2D eigenvalue weighted by Gasteiger charge is -2.50. The van der Waals surface area contributed by atoms with E-state index in [1.165, 1.54) is 0 Å². The summed E-state index contributed by atoms with van der Waals surface area (Å²) in [5.41, 5.74) is 0.751. The number of benzene rings is 1. The van der Waals surface area contributed by atoms with Gasteiger partial charge in [-0.05, 0) is 18.6 Å². The Kier molecular flexibility index (Phi) is 2.94. The van der Waals surface area contributed by atoms with Crippen LogP contribution >= 0.6 is 0 Å². The molecule has 100 valence electrons. The lowest BCUT2D eigenvalue weighted by Crippen LogP contribution is -2.57. The van der Waals surface area contributed by atoms with E-state index in [9.17, 15) is 5.11 Å². The molecule has 3 rings (SSSR count). The molecule has 0 aliphatic heterocycles. The maximum atomic E-state index is 9.93. The molecule has 0 spiro atoms. The predicted octanol–water partition coefficient (Wildman–Crippen LogP) is 3.16. The van der Waals surface area contributed by atoms with Crippen LogP contribution in [-0.2, 0) is 0 Å². The highest BCUT2D eigenvalue weighted by Crippen LogP contribution is 2.46. The number of rotatable bonds is 3. The van der Waals surface area contributed by atoms with Crippen LogP contribution in [0.15, 0.2) is 36.5 Å². The lowest BCUT2D eigenvalue weighted by atomic mass is 9.63. The number of aromatic nitrogens is 1. The predicted molar refractivity (Wildman–Crippen MR) is 75.2 cm³/mol. The summed E-state index contributed by atoms with van der Waals surface area (Å²) >= 11 is 0. The third kappa shape index (κ3) is 1.89. The van der Waals surface area contributed by atoms with Crippen molar-refractivity contribution in [3.05, 3.63) is 36.5 Å². The molecular formula is C16H19NO2. The number of hydrogen-bond acceptors (Lipinski definition) is 3. The maximum Gasteiger partial charge on any atom is 0.145 e. The smallest absolute Gasteiger partial charge is 0.145 e. The molecule has 1 aromatic heterocycles. The summed E-state index contributed by atoms with van der Waals surface area (Å²) in [4.78, 5) is 4.40. The van der Waals surface area contributed by atoms with Gasteiger partial charge in [-0.15, -0.1) is 0 Å². The topological polar surface area (TPSA) is 42.4 Å². The van der Waals surface area contributed by atoms with Crippen LogP contribution in [0.5, 0.6) is 5.75 Å². The van der Waals surface area contributed by atoms with Gasteiger partial charge in [0.15, 0.2) is 0 Å². The third-order valence-corrected chi connectivity index (χ3v) is 4.56. The van der Waals surface area contributed by atoms with E-state index in [0.29, 0.717) is 6.42 Å². The van der Waals surface area contributed by atoms with Crippen molar-refractivity contribution >= 4 is 10.9 Å². The quantitative estimate of drug-likeness (QED) is 0.918. The van der Waals surface area contributed by atoms with Gasteiger partial charge in [0.2, 0.25) is 0 Å². The molecule has 1 fully saturated rings. The van der Waals surface area contributed by atoms with Crippen molar-refractivity contribution in [2.24, 2.45) is 5.41 Å². The molecule has 1 aliphatic rings. The second kappa shape index (κ2) is 4.49. The minimum absolute atomic E-state index is 0.0695. The standard InChI is InChI=1S/C16H19NO2/c1-3-16(2)13(18)10-14(16)19-12-8-4-6-11-7-5-9-17-15(11)12/h4-9,13-14,18H,3,10H2,1-2H3. The Labute approximate surface area is 113 Å². The van der Waals surface area contributed by atoms with E-state index in [0.717, 1.165) is 23.1 Å². The number of fused-ring (bicyclic) bond motifs is 1. The highest BCUT2D eigenvalue weighted by atomic mass is 16.5. The molecule has 19 heavy (non-hydrogen) atoms. The van der Waals surface area contributed by atoms with Crippen LogP contribution in [-0.4, -0.2) is 22.3 Å². The van der Waals surface area contributed by atoms with E-state index in [4.69, 9.17) is 4.74 Å². The second-order valence-electron chi connectivity index (χ2n) is 5.55. The maximum absolute atomic E-state index is 9.93. The monoisotopic (exact) mass is 257 g/mol. The fraction of sp³-hybridized carbons (Fsp3) is 0.438. The minimum Gasteiger partial charge on any atom is -0.487 e. The number of aliphatic hydroxyl groups excluding tert-OH is 1. The SMILES string of the molecule is CCC1(C)C(O)CC1Oc1cccc2cccnc12. The Morgan fingerprint density at radius 2 is 2.16 bits per heavy atom. The number of para-hydroxylation sites is 1. The van der Waals surface area contributed by atoms with E-state index in [1.807, 2.05) is 30.3 Å². The molecule has 0 bridgehead atoms. The van der Waals surface area contributed by atoms with E-state index in [2.05, 4.69) is 18.8 Å². The largest absolute Gasteiger partial charge is 0.487 e. The molecule has 3 unspecified atom stereocenters. The zero-order valence-corrected chi connectivity index (χ0v) is 11.3. The van der Waals surface area contributed by atoms with Gasteiger partial charge in [-0.1, -0.05) is 32.0 Å². The molecule has 1 aliphatic carbocycles. The van der Waals surface area contributed by atoms with Crippen LogP contribution in [0, 0.1) is 5.41 Å². The average Bonchev–Trinajstić information content (AvgIpc) is 2.46. The van der Waals surface area contributed by atoms with Gasteiger partial charge in [-0.2, -0.15) is 0 Å². The van der Waals surface area contributed by atoms with Gasteiger partial charge in [0.25, 0.3) is 0 Å². The van der Waals surface area contributed by atoms with Crippen LogP contribution in [0.1, 0.15) is 26.7 Å². The molecule has 0 saturated heterocycles. The minimum atomic E-state index is -0.259. The number of ether oxygens (including phenoxy) is 1. The Hall–Kier alpha value is -1.61. The van der Waals surface area contributed by atoms with Crippen molar-refractivity contribution in [1.82, 2.24) is 4.98 Å². The highest BCUT2D eigenvalue weighted by Gasteiger charge is 2.51. The van der Waals surface area contributed by atoms with Crippen LogP contribution in [0.2, 0.25) is 0 Å². The Bertz CT molecular complexity index is 593. The van der Waals surface area contributed by atoms with Crippen molar-refractivity contribution in [2.75, 3.05) is 0 Å². The Balaban J connectivity index is 1.91. The average molecular weight is 257 g/mol. The first-order chi connectivity index (χ1) is 9.15. The van der Waals surface area contributed by atoms with Crippen LogP contribution < -0.4 is 4.74 Å². The number of aliphatic hydroxyl groups is 1. The summed E-state index contributed by atoms with van der Waals surface area (Å²) in [5.74, 6) is 0.815. The molecular weight excluding hydrogens is 238 g/mol. The summed E-state index contributed by atoms with van der Waals surface area (Å²) in [6.07, 6.45) is 3.21. The summed E-state index contributed by atoms with van der Waals surface area (Å²) < 4.78 is 6.12. The fourth-order valence-electron chi connectivity index (χ4n) is 2.77. The molecule has 3 atom stereocenters. The molecule has 2 aromatic rings. The molecule has 1 aromatic carbocycles. The second-order valence-corrected chi connectivity index (χ2v) is 5.55. The van der Waals surface area contributed by atoms with Crippen molar-refractivity contribution in [1.29, 1.82) is 0 Å². The molecule has 3 heteroatoms. The Morgan fingerprint density at radius 1 is 1.37 bits per heavy atom. The van der Waals surface area contributed by atoms with Crippen LogP contribution in [0.4, 0.5) is 0 Å². The Morgan fingerprint density at radius 3 is 2.89 bits per heavy atom. The number of nitrogens with zero attached hydrogens (tertiary/aromatic N) is 1. The van der Waals surface area contributed by atoms with Gasteiger partial charge >= 0.3 is 0 Å².